The van der Waals surface area contributed by atoms with Crippen LogP contribution in [0.1, 0.15) is 38.6 Å². The first-order valence-electron chi connectivity index (χ1n) is 9.36. The largest absolute Gasteiger partial charge is 0.486 e. The first-order chi connectivity index (χ1) is 14.0. The van der Waals surface area contributed by atoms with Gasteiger partial charge in [-0.15, -0.1) is 0 Å². The van der Waals surface area contributed by atoms with Gasteiger partial charge in [0.25, 0.3) is 0 Å². The number of likely N-dealkylation sites (tertiary alicyclic amines) is 1. The standard InChI is InChI=1S/C22H17FN2O4/c1-25-10-9-12(11-25)28-16-8-4-7-15(17(16)23)22-24-18-19(26)13-5-2-3-6-14(13)20(27)21(18)29-22/h2-8,12H,9-11H2,1H3/t12-/m1/s1. The molecule has 1 saturated heterocycles. The van der Waals surface area contributed by atoms with Crippen molar-refractivity contribution in [3.63, 3.8) is 0 Å². The third-order valence-corrected chi connectivity index (χ3v) is 5.30. The highest BCUT2D eigenvalue weighted by Crippen LogP contribution is 2.34. The van der Waals surface area contributed by atoms with Crippen LogP contribution in [0.3, 0.4) is 0 Å². The number of hydrogen-bond donors (Lipinski definition) is 0. The molecule has 5 rings (SSSR count). The molecule has 1 aromatic heterocycles. The molecule has 146 valence electrons. The fourth-order valence-electron chi connectivity index (χ4n) is 3.81. The fourth-order valence-corrected chi connectivity index (χ4v) is 3.81. The fraction of sp³-hybridized carbons (Fsp3) is 0.227. The van der Waals surface area contributed by atoms with E-state index in [1.54, 1.807) is 36.4 Å². The van der Waals surface area contributed by atoms with Crippen LogP contribution in [0.4, 0.5) is 4.39 Å². The number of halogens is 1. The molecule has 0 N–H and O–H groups in total. The Morgan fingerprint density at radius 2 is 1.79 bits per heavy atom. The van der Waals surface area contributed by atoms with Crippen LogP contribution in [-0.2, 0) is 0 Å². The van der Waals surface area contributed by atoms with Crippen LogP contribution in [0.25, 0.3) is 11.5 Å². The Bertz CT molecular complexity index is 1100. The van der Waals surface area contributed by atoms with E-state index in [0.717, 1.165) is 19.5 Å². The molecule has 1 fully saturated rings. The van der Waals surface area contributed by atoms with E-state index in [4.69, 9.17) is 9.15 Å². The predicted octanol–water partition coefficient (Wildman–Crippen LogP) is 3.34. The Hall–Kier alpha value is -3.32. The molecule has 0 saturated carbocycles. The lowest BCUT2D eigenvalue weighted by atomic mass is 9.91. The van der Waals surface area contributed by atoms with Crippen LogP contribution in [0.15, 0.2) is 46.9 Å². The number of oxazole rings is 1. The minimum Gasteiger partial charge on any atom is -0.486 e. The van der Waals surface area contributed by atoms with E-state index in [1.165, 1.54) is 6.07 Å². The molecule has 2 heterocycles. The summed E-state index contributed by atoms with van der Waals surface area (Å²) in [6.07, 6.45) is 0.717. The molecule has 0 spiro atoms. The molecular weight excluding hydrogens is 375 g/mol. The number of aromatic nitrogens is 1. The predicted molar refractivity (Wildman–Crippen MR) is 102 cm³/mol. The summed E-state index contributed by atoms with van der Waals surface area (Å²) in [4.78, 5) is 31.7. The Labute approximate surface area is 165 Å². The van der Waals surface area contributed by atoms with Crippen LogP contribution in [0, 0.1) is 5.82 Å². The normalized spacial score (nSPS) is 18.6. The number of likely N-dealkylation sites (N-methyl/N-ethyl adjacent to an activating group) is 1. The zero-order chi connectivity index (χ0) is 20.1. The number of rotatable bonds is 3. The van der Waals surface area contributed by atoms with Gasteiger partial charge in [-0.1, -0.05) is 30.3 Å². The van der Waals surface area contributed by atoms with Crippen molar-refractivity contribution in [2.45, 2.75) is 12.5 Å². The SMILES string of the molecule is CN1CC[C@@H](Oc2cccc(-c3nc4c(o3)C(=O)c3ccccc3C4=O)c2F)C1. The van der Waals surface area contributed by atoms with Gasteiger partial charge in [-0.2, -0.15) is 0 Å². The van der Waals surface area contributed by atoms with E-state index in [2.05, 4.69) is 9.88 Å². The van der Waals surface area contributed by atoms with Crippen molar-refractivity contribution in [1.29, 1.82) is 0 Å². The number of fused-ring (bicyclic) bond motifs is 2. The van der Waals surface area contributed by atoms with Crippen LogP contribution in [0.5, 0.6) is 5.75 Å². The van der Waals surface area contributed by atoms with E-state index < -0.39 is 17.4 Å². The quantitative estimate of drug-likeness (QED) is 0.533. The number of carbonyl (C=O) groups is 2. The van der Waals surface area contributed by atoms with Crippen molar-refractivity contribution < 1.29 is 23.1 Å². The van der Waals surface area contributed by atoms with Crippen molar-refractivity contribution in [2.75, 3.05) is 20.1 Å². The second kappa shape index (κ2) is 6.63. The molecule has 1 atom stereocenters. The molecule has 1 aliphatic carbocycles. The van der Waals surface area contributed by atoms with Gasteiger partial charge in [-0.3, -0.25) is 9.59 Å². The van der Waals surface area contributed by atoms with Gasteiger partial charge in [0.2, 0.25) is 23.2 Å². The van der Waals surface area contributed by atoms with Crippen molar-refractivity contribution in [2.24, 2.45) is 0 Å². The number of ketones is 2. The summed E-state index contributed by atoms with van der Waals surface area (Å²) in [6.45, 7) is 1.61. The van der Waals surface area contributed by atoms with Crippen molar-refractivity contribution >= 4 is 11.6 Å². The average Bonchev–Trinajstić information content (AvgIpc) is 3.34. The molecule has 1 aliphatic heterocycles. The Morgan fingerprint density at radius 1 is 1.07 bits per heavy atom. The highest BCUT2D eigenvalue weighted by atomic mass is 19.1. The summed E-state index contributed by atoms with van der Waals surface area (Å²) in [6, 6.07) is 11.2. The summed E-state index contributed by atoms with van der Waals surface area (Å²) in [5.41, 5.74) is 0.489. The minimum atomic E-state index is -0.627. The van der Waals surface area contributed by atoms with Gasteiger partial charge in [0.15, 0.2) is 17.3 Å². The van der Waals surface area contributed by atoms with E-state index in [-0.39, 0.29) is 45.9 Å². The molecule has 0 radical (unpaired) electrons. The topological polar surface area (TPSA) is 72.6 Å². The number of hydrogen-bond acceptors (Lipinski definition) is 6. The molecule has 0 bridgehead atoms. The van der Waals surface area contributed by atoms with Gasteiger partial charge in [0.1, 0.15) is 6.10 Å². The molecule has 2 aliphatic rings. The molecule has 6 nitrogen and oxygen atoms in total. The van der Waals surface area contributed by atoms with Crippen molar-refractivity contribution in [1.82, 2.24) is 9.88 Å². The minimum absolute atomic E-state index is 0.0490. The zero-order valence-electron chi connectivity index (χ0n) is 15.6. The van der Waals surface area contributed by atoms with Crippen LogP contribution in [-0.4, -0.2) is 47.7 Å². The highest BCUT2D eigenvalue weighted by Gasteiger charge is 2.35. The summed E-state index contributed by atoms with van der Waals surface area (Å²) in [5, 5.41) is 0. The third kappa shape index (κ3) is 2.86. The third-order valence-electron chi connectivity index (χ3n) is 5.30. The van der Waals surface area contributed by atoms with E-state index >= 15 is 4.39 Å². The second-order valence-electron chi connectivity index (χ2n) is 7.31. The number of carbonyl (C=O) groups excluding carboxylic acids is 2. The smallest absolute Gasteiger partial charge is 0.231 e. The number of nitrogens with zero attached hydrogens (tertiary/aromatic N) is 2. The molecule has 3 aromatic rings. The summed E-state index contributed by atoms with van der Waals surface area (Å²) in [7, 11) is 1.99. The van der Waals surface area contributed by atoms with Gasteiger partial charge in [0.05, 0.1) is 5.56 Å². The molecule has 29 heavy (non-hydrogen) atoms. The highest BCUT2D eigenvalue weighted by molar-refractivity contribution is 6.26. The average molecular weight is 392 g/mol. The summed E-state index contributed by atoms with van der Waals surface area (Å²) < 4.78 is 26.5. The first-order valence-corrected chi connectivity index (χ1v) is 9.36. The Kier molecular flexibility index (Phi) is 4.06. The van der Waals surface area contributed by atoms with Crippen LogP contribution < -0.4 is 4.74 Å². The van der Waals surface area contributed by atoms with Gasteiger partial charge in [0, 0.05) is 24.2 Å². The van der Waals surface area contributed by atoms with Gasteiger partial charge >= 0.3 is 0 Å². The van der Waals surface area contributed by atoms with Crippen molar-refractivity contribution in [3.05, 3.63) is 70.9 Å². The lowest BCUT2D eigenvalue weighted by molar-refractivity contribution is 0.0959. The maximum atomic E-state index is 15.1. The lowest BCUT2D eigenvalue weighted by Crippen LogP contribution is -2.21. The lowest BCUT2D eigenvalue weighted by Gasteiger charge is -2.15. The van der Waals surface area contributed by atoms with E-state index in [1.807, 2.05) is 7.05 Å². The van der Waals surface area contributed by atoms with Gasteiger partial charge in [-0.25, -0.2) is 9.37 Å². The molecule has 2 aromatic carbocycles. The number of benzene rings is 2. The van der Waals surface area contributed by atoms with Gasteiger partial charge in [-0.05, 0) is 25.6 Å². The van der Waals surface area contributed by atoms with Crippen molar-refractivity contribution in [3.8, 4) is 17.2 Å². The van der Waals surface area contributed by atoms with Gasteiger partial charge < -0.3 is 14.1 Å². The summed E-state index contributed by atoms with van der Waals surface area (Å²) in [5.74, 6) is -1.65. The zero-order valence-corrected chi connectivity index (χ0v) is 15.6. The Balaban J connectivity index is 1.52. The second-order valence-corrected chi connectivity index (χ2v) is 7.31. The molecule has 0 unspecified atom stereocenters. The monoisotopic (exact) mass is 392 g/mol. The molecule has 7 heteroatoms. The maximum absolute atomic E-state index is 15.1. The first kappa shape index (κ1) is 17.8. The molecule has 0 amide bonds. The van der Waals surface area contributed by atoms with E-state index in [0.29, 0.717) is 0 Å². The van der Waals surface area contributed by atoms with Crippen LogP contribution >= 0.6 is 0 Å². The van der Waals surface area contributed by atoms with Crippen LogP contribution in [0.2, 0.25) is 0 Å². The Morgan fingerprint density at radius 3 is 2.52 bits per heavy atom. The maximum Gasteiger partial charge on any atom is 0.231 e. The number of ether oxygens (including phenoxy) is 1. The molecular formula is C22H17FN2O4. The summed E-state index contributed by atoms with van der Waals surface area (Å²) >= 11 is 0. The van der Waals surface area contributed by atoms with E-state index in [9.17, 15) is 9.59 Å².